The molecule has 1 unspecified atom stereocenters. The maximum absolute atomic E-state index is 9.35. The highest BCUT2D eigenvalue weighted by Crippen LogP contribution is 2.07. The summed E-state index contributed by atoms with van der Waals surface area (Å²) in [7, 11) is 0. The van der Waals surface area contributed by atoms with E-state index in [0.717, 1.165) is 25.7 Å². The highest BCUT2D eigenvalue weighted by Gasteiger charge is 1.99. The molecule has 0 amide bonds. The standard InChI is InChI=1S/C12H20O/c1-3-5-6-7-8-9-11-12(13)10-4-2/h3-6,12-13H,1-2,7-11H2/b6-5-. The molecule has 1 atom stereocenters. The minimum atomic E-state index is -0.194. The normalized spacial score (nSPS) is 13.0. The Labute approximate surface area is 81.5 Å². The van der Waals surface area contributed by atoms with Crippen molar-refractivity contribution in [2.75, 3.05) is 0 Å². The van der Waals surface area contributed by atoms with Gasteiger partial charge in [0.15, 0.2) is 0 Å². The van der Waals surface area contributed by atoms with E-state index in [1.54, 1.807) is 12.2 Å². The molecule has 0 aromatic heterocycles. The van der Waals surface area contributed by atoms with Crippen molar-refractivity contribution >= 4 is 0 Å². The Morgan fingerprint density at radius 2 is 2.00 bits per heavy atom. The van der Waals surface area contributed by atoms with Crippen molar-refractivity contribution in [2.45, 2.75) is 38.2 Å². The Hall–Kier alpha value is -0.820. The third-order valence-corrected chi connectivity index (χ3v) is 1.87. The summed E-state index contributed by atoms with van der Waals surface area (Å²) in [4.78, 5) is 0. The van der Waals surface area contributed by atoms with E-state index < -0.39 is 0 Å². The van der Waals surface area contributed by atoms with E-state index in [-0.39, 0.29) is 6.10 Å². The largest absolute Gasteiger partial charge is 0.393 e. The molecule has 0 rings (SSSR count). The van der Waals surface area contributed by atoms with E-state index in [9.17, 15) is 5.11 Å². The smallest absolute Gasteiger partial charge is 0.0574 e. The van der Waals surface area contributed by atoms with Crippen molar-refractivity contribution in [1.29, 1.82) is 0 Å². The van der Waals surface area contributed by atoms with Crippen LogP contribution in [0.25, 0.3) is 0 Å². The van der Waals surface area contributed by atoms with Gasteiger partial charge in [0, 0.05) is 0 Å². The van der Waals surface area contributed by atoms with Gasteiger partial charge in [-0.1, -0.05) is 37.3 Å². The molecule has 0 heterocycles. The van der Waals surface area contributed by atoms with Gasteiger partial charge in [-0.15, -0.1) is 6.58 Å². The van der Waals surface area contributed by atoms with Crippen LogP contribution in [-0.2, 0) is 0 Å². The average Bonchev–Trinajstić information content (AvgIpc) is 2.11. The Balaban J connectivity index is 3.19. The monoisotopic (exact) mass is 180 g/mol. The van der Waals surface area contributed by atoms with E-state index in [1.165, 1.54) is 0 Å². The molecule has 1 N–H and O–H groups in total. The maximum Gasteiger partial charge on any atom is 0.0574 e. The predicted molar refractivity (Wildman–Crippen MR) is 58.6 cm³/mol. The molecule has 0 saturated heterocycles. The van der Waals surface area contributed by atoms with Crippen LogP contribution in [0.2, 0.25) is 0 Å². The van der Waals surface area contributed by atoms with Gasteiger partial charge in [-0.3, -0.25) is 0 Å². The first kappa shape index (κ1) is 12.2. The zero-order valence-electron chi connectivity index (χ0n) is 8.28. The summed E-state index contributed by atoms with van der Waals surface area (Å²) in [5, 5.41) is 9.35. The van der Waals surface area contributed by atoms with Gasteiger partial charge in [-0.05, 0) is 25.7 Å². The second-order valence-corrected chi connectivity index (χ2v) is 3.13. The minimum absolute atomic E-state index is 0.194. The molecule has 0 aliphatic rings. The highest BCUT2D eigenvalue weighted by molar-refractivity contribution is 4.96. The van der Waals surface area contributed by atoms with Crippen LogP contribution >= 0.6 is 0 Å². The Bertz CT molecular complexity index is 159. The molecule has 0 bridgehead atoms. The molecule has 1 nitrogen and oxygen atoms in total. The van der Waals surface area contributed by atoms with Crippen LogP contribution < -0.4 is 0 Å². The number of allylic oxidation sites excluding steroid dienone is 3. The van der Waals surface area contributed by atoms with Crippen molar-refractivity contribution in [3.63, 3.8) is 0 Å². The van der Waals surface area contributed by atoms with Crippen molar-refractivity contribution in [3.8, 4) is 0 Å². The first-order chi connectivity index (χ1) is 6.31. The van der Waals surface area contributed by atoms with Gasteiger partial charge in [0.25, 0.3) is 0 Å². The van der Waals surface area contributed by atoms with E-state index >= 15 is 0 Å². The molecular weight excluding hydrogens is 160 g/mol. The number of aliphatic hydroxyl groups excluding tert-OH is 1. The lowest BCUT2D eigenvalue weighted by Crippen LogP contribution is -2.03. The molecule has 0 spiro atoms. The van der Waals surface area contributed by atoms with Gasteiger partial charge in [0.2, 0.25) is 0 Å². The van der Waals surface area contributed by atoms with Crippen molar-refractivity contribution in [3.05, 3.63) is 37.5 Å². The topological polar surface area (TPSA) is 20.2 Å². The maximum atomic E-state index is 9.35. The SMILES string of the molecule is C=C/C=C\CCCCC(O)CC=C. The predicted octanol–water partition coefficient (Wildman–Crippen LogP) is 3.23. The van der Waals surface area contributed by atoms with Gasteiger partial charge < -0.3 is 5.11 Å². The van der Waals surface area contributed by atoms with Crippen LogP contribution in [0.15, 0.2) is 37.5 Å². The lowest BCUT2D eigenvalue weighted by atomic mass is 10.1. The average molecular weight is 180 g/mol. The zero-order valence-corrected chi connectivity index (χ0v) is 8.28. The molecule has 0 fully saturated rings. The number of aliphatic hydroxyl groups is 1. The summed E-state index contributed by atoms with van der Waals surface area (Å²) in [6, 6.07) is 0. The fourth-order valence-corrected chi connectivity index (χ4v) is 1.14. The van der Waals surface area contributed by atoms with E-state index in [1.807, 2.05) is 6.08 Å². The molecular formula is C12H20O. The van der Waals surface area contributed by atoms with Crippen LogP contribution in [0.1, 0.15) is 32.1 Å². The van der Waals surface area contributed by atoms with Crippen molar-refractivity contribution in [2.24, 2.45) is 0 Å². The summed E-state index contributed by atoms with van der Waals surface area (Å²) in [6.07, 6.45) is 12.3. The number of rotatable bonds is 8. The summed E-state index contributed by atoms with van der Waals surface area (Å²) >= 11 is 0. The third kappa shape index (κ3) is 9.09. The number of hydrogen-bond donors (Lipinski definition) is 1. The zero-order chi connectivity index (χ0) is 9.94. The van der Waals surface area contributed by atoms with Crippen LogP contribution in [0, 0.1) is 0 Å². The lowest BCUT2D eigenvalue weighted by molar-refractivity contribution is 0.164. The molecule has 0 aromatic carbocycles. The lowest BCUT2D eigenvalue weighted by Gasteiger charge is -2.05. The third-order valence-electron chi connectivity index (χ3n) is 1.87. The van der Waals surface area contributed by atoms with Crippen LogP contribution in [0.3, 0.4) is 0 Å². The van der Waals surface area contributed by atoms with Crippen molar-refractivity contribution < 1.29 is 5.11 Å². The van der Waals surface area contributed by atoms with Gasteiger partial charge in [0.1, 0.15) is 0 Å². The number of unbranched alkanes of at least 4 members (excludes halogenated alkanes) is 2. The van der Waals surface area contributed by atoms with Gasteiger partial charge in [-0.2, -0.15) is 0 Å². The Morgan fingerprint density at radius 1 is 1.23 bits per heavy atom. The van der Waals surface area contributed by atoms with Gasteiger partial charge in [-0.25, -0.2) is 0 Å². The minimum Gasteiger partial charge on any atom is -0.393 e. The van der Waals surface area contributed by atoms with E-state index in [2.05, 4.69) is 19.2 Å². The fraction of sp³-hybridized carbons (Fsp3) is 0.500. The first-order valence-corrected chi connectivity index (χ1v) is 4.87. The van der Waals surface area contributed by atoms with Gasteiger partial charge >= 0.3 is 0 Å². The van der Waals surface area contributed by atoms with E-state index in [4.69, 9.17) is 0 Å². The number of hydrogen-bond acceptors (Lipinski definition) is 1. The molecule has 0 aromatic rings. The fourth-order valence-electron chi connectivity index (χ4n) is 1.14. The molecule has 0 radical (unpaired) electrons. The molecule has 1 heteroatoms. The molecule has 0 aliphatic carbocycles. The summed E-state index contributed by atoms with van der Waals surface area (Å²) in [5.41, 5.74) is 0. The second kappa shape index (κ2) is 9.27. The van der Waals surface area contributed by atoms with Crippen LogP contribution in [0.5, 0.6) is 0 Å². The highest BCUT2D eigenvalue weighted by atomic mass is 16.3. The van der Waals surface area contributed by atoms with Crippen LogP contribution in [-0.4, -0.2) is 11.2 Å². The molecule has 74 valence electrons. The van der Waals surface area contributed by atoms with Crippen molar-refractivity contribution in [1.82, 2.24) is 0 Å². The second-order valence-electron chi connectivity index (χ2n) is 3.13. The molecule has 0 saturated carbocycles. The quantitative estimate of drug-likeness (QED) is 0.345. The summed E-state index contributed by atoms with van der Waals surface area (Å²) in [5.74, 6) is 0. The first-order valence-electron chi connectivity index (χ1n) is 4.87. The summed E-state index contributed by atoms with van der Waals surface area (Å²) in [6.45, 7) is 7.18. The molecule has 0 aliphatic heterocycles. The van der Waals surface area contributed by atoms with Crippen LogP contribution in [0.4, 0.5) is 0 Å². The Morgan fingerprint density at radius 3 is 2.62 bits per heavy atom. The van der Waals surface area contributed by atoms with E-state index in [0.29, 0.717) is 6.42 Å². The summed E-state index contributed by atoms with van der Waals surface area (Å²) < 4.78 is 0. The Kier molecular flexibility index (Phi) is 8.68. The molecule has 13 heavy (non-hydrogen) atoms. The van der Waals surface area contributed by atoms with Gasteiger partial charge in [0.05, 0.1) is 6.10 Å².